The minimum atomic E-state index is -0.578. The van der Waals surface area contributed by atoms with E-state index in [0.29, 0.717) is 12.0 Å². The molecule has 3 N–H and O–H groups in total. The third-order valence-electron chi connectivity index (χ3n) is 3.71. The van der Waals surface area contributed by atoms with Gasteiger partial charge >= 0.3 is 0 Å². The second-order valence-electron chi connectivity index (χ2n) is 5.67. The van der Waals surface area contributed by atoms with Crippen molar-refractivity contribution in [2.45, 2.75) is 20.3 Å². The summed E-state index contributed by atoms with van der Waals surface area (Å²) in [6.45, 7) is 3.83. The van der Waals surface area contributed by atoms with Gasteiger partial charge in [0.25, 0.3) is 0 Å². The first-order chi connectivity index (χ1) is 10.9. The Balaban J connectivity index is 2.44. The van der Waals surface area contributed by atoms with Crippen LogP contribution in [0, 0.1) is 0 Å². The summed E-state index contributed by atoms with van der Waals surface area (Å²) >= 11 is 0. The van der Waals surface area contributed by atoms with Gasteiger partial charge in [-0.25, -0.2) is 0 Å². The van der Waals surface area contributed by atoms with E-state index in [-0.39, 0.29) is 39.2 Å². The van der Waals surface area contributed by atoms with Gasteiger partial charge in [-0.2, -0.15) is 0 Å². The standard InChI is InChI=1S/C18H16O5/c1-9(2)6-7-10-8-12(20)18-15(16(10)21)17(22)14-11(19)4-3-5-13(14)23-18/h3-6,8,19-21H,7H2,1-2H3. The second-order valence-corrected chi connectivity index (χ2v) is 5.67. The molecule has 0 radical (unpaired) electrons. The molecule has 0 aliphatic carbocycles. The van der Waals surface area contributed by atoms with E-state index < -0.39 is 5.43 Å². The van der Waals surface area contributed by atoms with Gasteiger partial charge in [0, 0.05) is 5.56 Å². The first-order valence-electron chi connectivity index (χ1n) is 7.16. The average molecular weight is 312 g/mol. The van der Waals surface area contributed by atoms with Crippen LogP contribution in [-0.2, 0) is 6.42 Å². The van der Waals surface area contributed by atoms with Gasteiger partial charge in [0.1, 0.15) is 27.9 Å². The summed E-state index contributed by atoms with van der Waals surface area (Å²) < 4.78 is 5.51. The van der Waals surface area contributed by atoms with Crippen molar-refractivity contribution in [2.24, 2.45) is 0 Å². The zero-order chi connectivity index (χ0) is 16.7. The normalized spacial score (nSPS) is 11.0. The lowest BCUT2D eigenvalue weighted by Gasteiger charge is -2.09. The van der Waals surface area contributed by atoms with E-state index in [4.69, 9.17) is 4.42 Å². The molecule has 1 aromatic heterocycles. The number of allylic oxidation sites excluding steroid dienone is 2. The minimum Gasteiger partial charge on any atom is -0.507 e. The van der Waals surface area contributed by atoms with Crippen LogP contribution in [0.1, 0.15) is 19.4 Å². The molecule has 0 bridgehead atoms. The largest absolute Gasteiger partial charge is 0.507 e. The monoisotopic (exact) mass is 312 g/mol. The third-order valence-corrected chi connectivity index (χ3v) is 3.71. The van der Waals surface area contributed by atoms with Gasteiger partial charge in [0.15, 0.2) is 11.3 Å². The predicted octanol–water partition coefficient (Wildman–Crippen LogP) is 3.57. The molecule has 0 saturated carbocycles. The number of hydrogen-bond donors (Lipinski definition) is 3. The lowest BCUT2D eigenvalue weighted by molar-refractivity contribution is 0.453. The quantitative estimate of drug-likeness (QED) is 0.382. The molecule has 0 atom stereocenters. The van der Waals surface area contributed by atoms with E-state index in [0.717, 1.165) is 5.57 Å². The highest BCUT2D eigenvalue weighted by atomic mass is 16.4. The Labute approximate surface area is 131 Å². The smallest absolute Gasteiger partial charge is 0.208 e. The van der Waals surface area contributed by atoms with E-state index in [2.05, 4.69) is 0 Å². The summed E-state index contributed by atoms with van der Waals surface area (Å²) in [5, 5.41) is 30.4. The number of aromatic hydroxyl groups is 3. The average Bonchev–Trinajstić information content (AvgIpc) is 2.49. The van der Waals surface area contributed by atoms with Crippen molar-refractivity contribution in [2.75, 3.05) is 0 Å². The highest BCUT2D eigenvalue weighted by Gasteiger charge is 2.19. The van der Waals surface area contributed by atoms with Crippen LogP contribution in [0.15, 0.2) is 45.1 Å². The molecule has 0 aliphatic heterocycles. The molecule has 23 heavy (non-hydrogen) atoms. The van der Waals surface area contributed by atoms with Crippen molar-refractivity contribution in [3.63, 3.8) is 0 Å². The van der Waals surface area contributed by atoms with E-state index in [1.165, 1.54) is 24.3 Å². The van der Waals surface area contributed by atoms with E-state index in [1.54, 1.807) is 0 Å². The van der Waals surface area contributed by atoms with Crippen LogP contribution in [0.2, 0.25) is 0 Å². The fraction of sp³-hybridized carbons (Fsp3) is 0.167. The summed E-state index contributed by atoms with van der Waals surface area (Å²) in [7, 11) is 0. The Morgan fingerprint density at radius 2 is 1.87 bits per heavy atom. The van der Waals surface area contributed by atoms with Crippen LogP contribution < -0.4 is 5.43 Å². The first-order valence-corrected chi connectivity index (χ1v) is 7.16. The Morgan fingerprint density at radius 3 is 2.57 bits per heavy atom. The summed E-state index contributed by atoms with van der Waals surface area (Å²) in [6, 6.07) is 5.81. The fourth-order valence-corrected chi connectivity index (χ4v) is 2.55. The summed E-state index contributed by atoms with van der Waals surface area (Å²) in [4.78, 5) is 12.7. The number of hydrogen-bond acceptors (Lipinski definition) is 5. The van der Waals surface area contributed by atoms with Crippen LogP contribution in [0.25, 0.3) is 21.9 Å². The van der Waals surface area contributed by atoms with E-state index >= 15 is 0 Å². The molecule has 0 aliphatic rings. The lowest BCUT2D eigenvalue weighted by Crippen LogP contribution is -2.04. The maximum absolute atomic E-state index is 12.7. The maximum atomic E-state index is 12.7. The predicted molar refractivity (Wildman–Crippen MR) is 88.1 cm³/mol. The first kappa shape index (κ1) is 15.0. The summed E-state index contributed by atoms with van der Waals surface area (Å²) in [6.07, 6.45) is 2.25. The van der Waals surface area contributed by atoms with Gasteiger partial charge in [-0.15, -0.1) is 0 Å². The topological polar surface area (TPSA) is 90.9 Å². The highest BCUT2D eigenvalue weighted by molar-refractivity contribution is 5.98. The van der Waals surface area contributed by atoms with Crippen LogP contribution >= 0.6 is 0 Å². The minimum absolute atomic E-state index is 0.0194. The molecule has 1 heterocycles. The van der Waals surface area contributed by atoms with Gasteiger partial charge < -0.3 is 19.7 Å². The van der Waals surface area contributed by atoms with Crippen LogP contribution in [0.5, 0.6) is 17.2 Å². The van der Waals surface area contributed by atoms with Crippen molar-refractivity contribution in [1.29, 1.82) is 0 Å². The molecule has 5 nitrogen and oxygen atoms in total. The SMILES string of the molecule is CC(C)=CCc1cc(O)c2oc3cccc(O)c3c(=O)c2c1O. The van der Waals surface area contributed by atoms with Crippen molar-refractivity contribution < 1.29 is 19.7 Å². The van der Waals surface area contributed by atoms with Crippen LogP contribution in [0.4, 0.5) is 0 Å². The molecular formula is C18H16O5. The number of benzene rings is 2. The molecular weight excluding hydrogens is 296 g/mol. The molecule has 0 unspecified atom stereocenters. The molecule has 2 aromatic carbocycles. The van der Waals surface area contributed by atoms with Crippen molar-refractivity contribution in [1.82, 2.24) is 0 Å². The molecule has 5 heteroatoms. The number of rotatable bonds is 2. The van der Waals surface area contributed by atoms with Crippen LogP contribution in [-0.4, -0.2) is 15.3 Å². The Kier molecular flexibility index (Phi) is 3.48. The number of fused-ring (bicyclic) bond motifs is 2. The molecule has 0 fully saturated rings. The molecule has 0 saturated heterocycles. The third kappa shape index (κ3) is 2.40. The maximum Gasteiger partial charge on any atom is 0.208 e. The second kappa shape index (κ2) is 5.35. The Morgan fingerprint density at radius 1 is 1.13 bits per heavy atom. The van der Waals surface area contributed by atoms with Gasteiger partial charge in [-0.1, -0.05) is 17.7 Å². The van der Waals surface area contributed by atoms with E-state index in [1.807, 2.05) is 19.9 Å². The molecule has 3 aromatic rings. The number of phenols is 3. The highest BCUT2D eigenvalue weighted by Crippen LogP contribution is 2.37. The Hall–Kier alpha value is -2.95. The Bertz CT molecular complexity index is 1010. The van der Waals surface area contributed by atoms with Gasteiger partial charge in [0.2, 0.25) is 5.43 Å². The zero-order valence-electron chi connectivity index (χ0n) is 12.8. The van der Waals surface area contributed by atoms with Gasteiger partial charge in [0.05, 0.1) is 0 Å². The molecule has 3 rings (SSSR count). The molecule has 118 valence electrons. The number of phenolic OH excluding ortho intramolecular Hbond substituents is 3. The van der Waals surface area contributed by atoms with Crippen molar-refractivity contribution >= 4 is 21.9 Å². The molecule has 0 amide bonds. The summed E-state index contributed by atoms with van der Waals surface area (Å²) in [5.74, 6) is -0.696. The zero-order valence-corrected chi connectivity index (χ0v) is 12.8. The van der Waals surface area contributed by atoms with Crippen LogP contribution in [0.3, 0.4) is 0 Å². The van der Waals surface area contributed by atoms with Gasteiger partial charge in [-0.05, 0) is 38.5 Å². The fourth-order valence-electron chi connectivity index (χ4n) is 2.55. The molecule has 0 spiro atoms. The van der Waals surface area contributed by atoms with Crippen molar-refractivity contribution in [3.05, 3.63) is 51.7 Å². The van der Waals surface area contributed by atoms with Gasteiger partial charge in [-0.3, -0.25) is 4.79 Å². The van der Waals surface area contributed by atoms with Crippen molar-refractivity contribution in [3.8, 4) is 17.2 Å². The lowest BCUT2D eigenvalue weighted by atomic mass is 10.0. The summed E-state index contributed by atoms with van der Waals surface area (Å²) in [5.41, 5.74) is 0.942. The van der Waals surface area contributed by atoms with E-state index in [9.17, 15) is 20.1 Å².